The summed E-state index contributed by atoms with van der Waals surface area (Å²) in [6.45, 7) is 7.48. The number of esters is 1. The Morgan fingerprint density at radius 1 is 1.09 bits per heavy atom. The third kappa shape index (κ3) is 6.28. The van der Waals surface area contributed by atoms with Crippen molar-refractivity contribution in [1.29, 1.82) is 0 Å². The summed E-state index contributed by atoms with van der Waals surface area (Å²) in [7, 11) is -2.51. The second-order valence-electron chi connectivity index (χ2n) is 10.2. The number of rotatable bonds is 8. The fourth-order valence-electron chi connectivity index (χ4n) is 4.20. The van der Waals surface area contributed by atoms with Crippen molar-refractivity contribution in [2.75, 3.05) is 13.6 Å². The fraction of sp³-hybridized carbons (Fsp3) is 0.462. The van der Waals surface area contributed by atoms with Crippen molar-refractivity contribution in [2.45, 2.75) is 69.0 Å². The number of hydrogen-bond acceptors (Lipinski definition) is 7. The number of phenols is 1. The molecule has 2 aromatic rings. The number of hydrogen-bond donors (Lipinski definition) is 2. The van der Waals surface area contributed by atoms with E-state index >= 15 is 0 Å². The number of phenolic OH excluding ortho intramolecular Hbond substituents is 1. The first kappa shape index (κ1) is 26.8. The molecular weight excluding hydrogens is 468 g/mol. The van der Waals surface area contributed by atoms with E-state index < -0.39 is 39.0 Å². The molecule has 0 saturated carbocycles. The van der Waals surface area contributed by atoms with Crippen molar-refractivity contribution >= 4 is 21.8 Å². The number of sulfonamides is 1. The van der Waals surface area contributed by atoms with Crippen LogP contribution in [0.3, 0.4) is 0 Å². The molecule has 1 saturated heterocycles. The quantitative estimate of drug-likeness (QED) is 0.421. The standard InChI is InChI=1S/C26H34N2O6S/c1-18-8-14-21(15-9-18)35(32,33)27-26(24(31)34-25(2,3)4,17-19-10-12-20(29)13-11-19)23(30)22-7-6-16-28(22)5/h8-15,22,27,29H,6-7,16-17H2,1-5H3/t22?,26-/m1/s1. The SMILES string of the molecule is Cc1ccc(S(=O)(=O)N[C@@](Cc2ccc(O)cc2)(C(=O)OC(C)(C)C)C(=O)C2CCCN2C)cc1. The lowest BCUT2D eigenvalue weighted by Gasteiger charge is -2.36. The van der Waals surface area contributed by atoms with Crippen LogP contribution in [0, 0.1) is 6.92 Å². The molecule has 1 unspecified atom stereocenters. The predicted molar refractivity (Wildman–Crippen MR) is 133 cm³/mol. The predicted octanol–water partition coefficient (Wildman–Crippen LogP) is 2.97. The summed E-state index contributed by atoms with van der Waals surface area (Å²) in [5, 5.41) is 9.71. The van der Waals surface area contributed by atoms with E-state index in [1.54, 1.807) is 52.1 Å². The number of nitrogens with one attached hydrogen (secondary N) is 1. The number of aromatic hydroxyl groups is 1. The van der Waals surface area contributed by atoms with Gasteiger partial charge in [0.15, 0.2) is 11.3 Å². The smallest absolute Gasteiger partial charge is 0.336 e. The molecule has 0 radical (unpaired) electrons. The Labute approximate surface area is 207 Å². The zero-order valence-electron chi connectivity index (χ0n) is 20.9. The lowest BCUT2D eigenvalue weighted by Crippen LogP contribution is -2.66. The molecule has 2 atom stereocenters. The average Bonchev–Trinajstić information content (AvgIpc) is 3.19. The highest BCUT2D eigenvalue weighted by molar-refractivity contribution is 7.89. The maximum absolute atomic E-state index is 14.1. The number of benzene rings is 2. The minimum Gasteiger partial charge on any atom is -0.508 e. The van der Waals surface area contributed by atoms with Gasteiger partial charge in [0, 0.05) is 6.42 Å². The molecule has 0 spiro atoms. The van der Waals surface area contributed by atoms with Crippen molar-refractivity contribution in [3.05, 3.63) is 59.7 Å². The van der Waals surface area contributed by atoms with Crippen molar-refractivity contribution in [1.82, 2.24) is 9.62 Å². The van der Waals surface area contributed by atoms with E-state index in [9.17, 15) is 23.1 Å². The van der Waals surface area contributed by atoms with Crippen LogP contribution in [0.2, 0.25) is 0 Å². The van der Waals surface area contributed by atoms with Crippen LogP contribution in [0.25, 0.3) is 0 Å². The molecule has 190 valence electrons. The van der Waals surface area contributed by atoms with E-state index in [1.165, 1.54) is 24.3 Å². The summed E-state index contributed by atoms with van der Waals surface area (Å²) in [5.74, 6) is -1.51. The van der Waals surface area contributed by atoms with Crippen molar-refractivity contribution < 1.29 is 27.9 Å². The van der Waals surface area contributed by atoms with Crippen LogP contribution < -0.4 is 4.72 Å². The number of carbonyl (C=O) groups is 2. The number of aryl methyl sites for hydroxylation is 1. The van der Waals surface area contributed by atoms with Crippen LogP contribution >= 0.6 is 0 Å². The van der Waals surface area contributed by atoms with Crippen LogP contribution in [0.15, 0.2) is 53.4 Å². The lowest BCUT2D eigenvalue weighted by molar-refractivity contribution is -0.165. The molecule has 0 aromatic heterocycles. The number of likely N-dealkylation sites (N-methyl/N-ethyl adjacent to an activating group) is 1. The molecule has 0 amide bonds. The largest absolute Gasteiger partial charge is 0.508 e. The maximum Gasteiger partial charge on any atom is 0.336 e. The zero-order chi connectivity index (χ0) is 26.0. The third-order valence-corrected chi connectivity index (χ3v) is 7.55. The Kier molecular flexibility index (Phi) is 7.74. The van der Waals surface area contributed by atoms with Gasteiger partial charge in [-0.15, -0.1) is 0 Å². The highest BCUT2D eigenvalue weighted by Crippen LogP contribution is 2.29. The summed E-state index contributed by atoms with van der Waals surface area (Å²) >= 11 is 0. The number of ketones is 1. The van der Waals surface area contributed by atoms with Crippen LogP contribution in [0.4, 0.5) is 0 Å². The molecule has 0 aliphatic carbocycles. The van der Waals surface area contributed by atoms with Crippen LogP contribution in [-0.4, -0.2) is 61.0 Å². The molecule has 1 aliphatic rings. The molecule has 1 heterocycles. The summed E-state index contributed by atoms with van der Waals surface area (Å²) < 4.78 is 35.2. The van der Waals surface area contributed by atoms with Gasteiger partial charge in [0.1, 0.15) is 11.4 Å². The molecule has 8 nitrogen and oxygen atoms in total. The van der Waals surface area contributed by atoms with Crippen LogP contribution in [0.5, 0.6) is 5.75 Å². The second-order valence-corrected chi connectivity index (χ2v) is 11.9. The molecule has 0 bridgehead atoms. The van der Waals surface area contributed by atoms with Crippen LogP contribution in [-0.2, 0) is 30.8 Å². The first-order valence-electron chi connectivity index (χ1n) is 11.6. The highest BCUT2D eigenvalue weighted by atomic mass is 32.2. The number of carbonyl (C=O) groups excluding carboxylic acids is 2. The van der Waals surface area contributed by atoms with E-state index in [-0.39, 0.29) is 17.1 Å². The van der Waals surface area contributed by atoms with Gasteiger partial charge >= 0.3 is 5.97 Å². The lowest BCUT2D eigenvalue weighted by atomic mass is 9.83. The summed E-state index contributed by atoms with van der Waals surface area (Å²) in [6.07, 6.45) is 0.986. The van der Waals surface area contributed by atoms with Gasteiger partial charge in [-0.3, -0.25) is 9.69 Å². The van der Waals surface area contributed by atoms with Crippen molar-refractivity contribution in [3.63, 3.8) is 0 Å². The van der Waals surface area contributed by atoms with Gasteiger partial charge in [-0.25, -0.2) is 13.2 Å². The monoisotopic (exact) mass is 502 g/mol. The van der Waals surface area contributed by atoms with Crippen LogP contribution in [0.1, 0.15) is 44.7 Å². The fourth-order valence-corrected chi connectivity index (χ4v) is 5.53. The Hall–Kier alpha value is -2.75. The summed E-state index contributed by atoms with van der Waals surface area (Å²) in [5.41, 5.74) is -1.81. The Bertz CT molecular complexity index is 1170. The highest BCUT2D eigenvalue weighted by Gasteiger charge is 2.54. The van der Waals surface area contributed by atoms with Gasteiger partial charge < -0.3 is 9.84 Å². The van der Waals surface area contributed by atoms with Gasteiger partial charge in [-0.1, -0.05) is 29.8 Å². The minimum absolute atomic E-state index is 0.0127. The molecule has 9 heteroatoms. The van der Waals surface area contributed by atoms with E-state index in [4.69, 9.17) is 4.74 Å². The van der Waals surface area contributed by atoms with E-state index in [0.717, 1.165) is 12.0 Å². The van der Waals surface area contributed by atoms with Gasteiger partial charge in [0.25, 0.3) is 0 Å². The van der Waals surface area contributed by atoms with Crippen molar-refractivity contribution in [3.8, 4) is 5.75 Å². The first-order chi connectivity index (χ1) is 16.2. The number of ether oxygens (including phenoxy) is 1. The minimum atomic E-state index is -4.30. The van der Waals surface area contributed by atoms with E-state index in [1.807, 2.05) is 11.8 Å². The van der Waals surface area contributed by atoms with E-state index in [2.05, 4.69) is 4.72 Å². The normalized spacial score (nSPS) is 18.7. The summed E-state index contributed by atoms with van der Waals surface area (Å²) in [6, 6.07) is 11.5. The average molecular weight is 503 g/mol. The maximum atomic E-state index is 14.1. The Balaban J connectivity index is 2.18. The summed E-state index contributed by atoms with van der Waals surface area (Å²) in [4.78, 5) is 29.7. The molecule has 2 N–H and O–H groups in total. The van der Waals surface area contributed by atoms with Gasteiger partial charge in [0.05, 0.1) is 10.9 Å². The number of likely N-dealkylation sites (tertiary alicyclic amines) is 1. The molecule has 1 fully saturated rings. The third-order valence-electron chi connectivity index (χ3n) is 6.04. The molecular formula is C26H34N2O6S. The Morgan fingerprint density at radius 3 is 2.20 bits per heavy atom. The topological polar surface area (TPSA) is 113 Å². The van der Waals surface area contributed by atoms with Gasteiger partial charge in [-0.2, -0.15) is 4.72 Å². The van der Waals surface area contributed by atoms with Crippen molar-refractivity contribution in [2.24, 2.45) is 0 Å². The number of Topliss-reactive ketones (excluding diaryl/α,β-unsaturated/α-hetero) is 1. The molecule has 1 aliphatic heterocycles. The molecule has 2 aromatic carbocycles. The number of nitrogens with zero attached hydrogens (tertiary/aromatic N) is 1. The van der Waals surface area contributed by atoms with Gasteiger partial charge in [-0.05, 0) is 84.0 Å². The van der Waals surface area contributed by atoms with Gasteiger partial charge in [0.2, 0.25) is 10.0 Å². The molecule has 3 rings (SSSR count). The van der Waals surface area contributed by atoms with E-state index in [0.29, 0.717) is 18.5 Å². The second kappa shape index (κ2) is 10.1. The first-order valence-corrected chi connectivity index (χ1v) is 13.1. The zero-order valence-corrected chi connectivity index (χ0v) is 21.7. The Morgan fingerprint density at radius 2 is 1.69 bits per heavy atom. The molecule has 35 heavy (non-hydrogen) atoms.